The largest absolute Gasteiger partial charge is 0.497 e. The molecule has 0 fully saturated rings. The molecule has 8 bridgehead atoms. The van der Waals surface area contributed by atoms with Gasteiger partial charge in [0.1, 0.15) is 46.0 Å². The Hall–Kier alpha value is -12.0. The topological polar surface area (TPSA) is 151 Å². The van der Waals surface area contributed by atoms with Crippen LogP contribution in [-0.2, 0) is 0 Å². The third kappa shape index (κ3) is 8.02. The van der Waals surface area contributed by atoms with Crippen molar-refractivity contribution in [2.45, 2.75) is 0 Å². The van der Waals surface area contributed by atoms with E-state index in [0.29, 0.717) is 22.8 Å². The maximum atomic E-state index is 5.91. The predicted molar refractivity (Wildman–Crippen MR) is 369 cm³/mol. The quantitative estimate of drug-likeness (QED) is 0.121. The van der Waals surface area contributed by atoms with Crippen LogP contribution in [0.1, 0.15) is 22.8 Å². The molecule has 0 unspecified atom stereocenters. The summed E-state index contributed by atoms with van der Waals surface area (Å²) in [6, 6.07) is 58.3. The van der Waals surface area contributed by atoms with Crippen LogP contribution in [0.15, 0.2) is 170 Å². The summed E-state index contributed by atoms with van der Waals surface area (Å²) in [5, 5.41) is 7.81. The summed E-state index contributed by atoms with van der Waals surface area (Å²) in [7, 11) is 13.6. The first-order valence-corrected chi connectivity index (χ1v) is 30.0. The Kier molecular flexibility index (Phi) is 12.2. The molecule has 16 heteroatoms. The number of aromatic nitrogens is 8. The van der Waals surface area contributed by atoms with Gasteiger partial charge in [-0.3, -0.25) is 0 Å². The zero-order chi connectivity index (χ0) is 62.2. The minimum Gasteiger partial charge on any atom is -0.497 e. The number of fused-ring (bicyclic) bond motifs is 20. The van der Waals surface area contributed by atoms with Crippen LogP contribution in [0.2, 0.25) is 0 Å². The molecule has 0 saturated heterocycles. The lowest BCUT2D eigenvalue weighted by Crippen LogP contribution is -2.01. The fourth-order valence-electron chi connectivity index (χ4n) is 14.0. The van der Waals surface area contributed by atoms with Gasteiger partial charge in [-0.25, -0.2) is 9.97 Å². The second-order valence-corrected chi connectivity index (χ2v) is 22.8. The SMILES string of the molecule is COc1ccc2c(c1)c1cc(OC)ccc1n2-c1c2nc(c(-n3c4ccc(OC)cc4c4cc(OC)ccc43)c3ccc([nH]3)c(-n3c4ccc(OC)cc4c4cc(OC)ccc43)c3nc(c(-n4c5ccc(OC)cc5c5cc(OC)ccc54)c4ccc1[nH]4)C=C3)C=C2. The number of nitrogens with one attached hydrogen (secondary N) is 2. The molecule has 0 radical (unpaired) electrons. The highest BCUT2D eigenvalue weighted by Crippen LogP contribution is 2.45. The van der Waals surface area contributed by atoms with Crippen molar-refractivity contribution in [2.75, 3.05) is 56.9 Å². The van der Waals surface area contributed by atoms with Crippen molar-refractivity contribution in [3.63, 3.8) is 0 Å². The summed E-state index contributed by atoms with van der Waals surface area (Å²) in [6.45, 7) is 0. The van der Waals surface area contributed by atoms with E-state index in [4.69, 9.17) is 47.9 Å². The molecule has 92 heavy (non-hydrogen) atoms. The van der Waals surface area contributed by atoms with Gasteiger partial charge < -0.3 is 66.1 Å². The molecule has 2 aliphatic heterocycles. The van der Waals surface area contributed by atoms with Crippen LogP contribution in [0, 0.1) is 0 Å². The van der Waals surface area contributed by atoms with Crippen molar-refractivity contribution in [1.82, 2.24) is 38.2 Å². The summed E-state index contributed by atoms with van der Waals surface area (Å²) < 4.78 is 56.5. The highest BCUT2D eigenvalue weighted by Gasteiger charge is 2.27. The summed E-state index contributed by atoms with van der Waals surface area (Å²) in [5.41, 5.74) is 16.7. The molecule has 0 amide bonds. The van der Waals surface area contributed by atoms with Gasteiger partial charge in [0, 0.05) is 43.1 Å². The van der Waals surface area contributed by atoms with Gasteiger partial charge in [0.15, 0.2) is 0 Å². The standard InChI is InChI=1S/C76H58N8O8/c1-85-41-9-25-65-49(33-41)50-34-42(86-2)10-26-66(50)81(65)73-57-17-19-59(77-57)74(82-67-27-11-43(87-3)35-51(67)52-36-44(88-4)12-28-68(52)82)61-21-23-63(79-61)76(84-71-31-15-47(91-7)39-55(71)56-40-48(92-8)16-32-72(56)84)64-24-22-62(80-64)75(60-20-18-58(73)78-60)83-69-29-13-45(89-5)37-53(69)54-38-46(90-6)14-30-70(54)83/h9-40,77,80H,1-8H3. The molecule has 0 atom stereocenters. The fraction of sp³-hybridized carbons (Fsp3) is 0.105. The van der Waals surface area contributed by atoms with Crippen molar-refractivity contribution >= 4 is 134 Å². The summed E-state index contributed by atoms with van der Waals surface area (Å²) in [6.07, 6.45) is 8.50. The zero-order valence-corrected chi connectivity index (χ0v) is 51.4. The highest BCUT2D eigenvalue weighted by molar-refractivity contribution is 6.15. The van der Waals surface area contributed by atoms with Gasteiger partial charge in [0.05, 0.1) is 169 Å². The van der Waals surface area contributed by atoms with Crippen LogP contribution in [-0.4, -0.2) is 95.1 Å². The van der Waals surface area contributed by atoms with E-state index in [2.05, 4.69) is 174 Å². The van der Waals surface area contributed by atoms with Crippen molar-refractivity contribution in [3.8, 4) is 68.7 Å². The predicted octanol–water partition coefficient (Wildman–Crippen LogP) is 17.1. The van der Waals surface area contributed by atoms with Gasteiger partial charge >= 0.3 is 0 Å². The lowest BCUT2D eigenvalue weighted by atomic mass is 10.1. The van der Waals surface area contributed by atoms with Crippen molar-refractivity contribution in [3.05, 3.63) is 193 Å². The lowest BCUT2D eigenvalue weighted by molar-refractivity contribution is 0.415. The molecule has 17 rings (SSSR count). The second kappa shape index (κ2) is 20.8. The molecular formula is C76H58N8O8. The summed E-state index contributed by atoms with van der Waals surface area (Å²) in [4.78, 5) is 19.9. The Morgan fingerprint density at radius 3 is 0.543 bits per heavy atom. The van der Waals surface area contributed by atoms with E-state index >= 15 is 0 Å². The minimum absolute atomic E-state index is 0.703. The van der Waals surface area contributed by atoms with Crippen LogP contribution >= 0.6 is 0 Å². The first-order chi connectivity index (χ1) is 45.2. The number of H-pyrrole nitrogens is 2. The molecular weight excluding hydrogens is 1150 g/mol. The Morgan fingerprint density at radius 2 is 0.391 bits per heavy atom. The highest BCUT2D eigenvalue weighted by atomic mass is 16.5. The smallest absolute Gasteiger partial charge is 0.119 e. The minimum atomic E-state index is 0.703. The molecule has 2 N–H and O–H groups in total. The Labute approximate surface area is 525 Å². The average molecular weight is 1210 g/mol. The number of rotatable bonds is 12. The van der Waals surface area contributed by atoms with E-state index in [1.165, 1.54) is 0 Å². The van der Waals surface area contributed by atoms with Crippen LogP contribution in [0.5, 0.6) is 46.0 Å². The Balaban J connectivity index is 1.10. The molecule has 9 heterocycles. The number of benzene rings is 8. The first-order valence-electron chi connectivity index (χ1n) is 30.0. The zero-order valence-electron chi connectivity index (χ0n) is 51.4. The van der Waals surface area contributed by atoms with E-state index in [1.54, 1.807) is 56.9 Å². The molecule has 0 aliphatic carbocycles. The van der Waals surface area contributed by atoms with Gasteiger partial charge in [-0.1, -0.05) is 0 Å². The molecule has 15 aromatic rings. The van der Waals surface area contributed by atoms with Crippen LogP contribution in [0.4, 0.5) is 0 Å². The molecule has 0 spiro atoms. The number of ether oxygens (including phenoxy) is 8. The summed E-state index contributed by atoms with van der Waals surface area (Å²) in [5.74, 6) is 5.82. The molecule has 0 saturated carbocycles. The molecule has 7 aromatic heterocycles. The van der Waals surface area contributed by atoms with Crippen molar-refractivity contribution in [1.29, 1.82) is 0 Å². The molecule has 2 aliphatic rings. The maximum absolute atomic E-state index is 5.91. The number of methoxy groups -OCH3 is 8. The summed E-state index contributed by atoms with van der Waals surface area (Å²) >= 11 is 0. The van der Waals surface area contributed by atoms with Crippen LogP contribution in [0.25, 0.3) is 156 Å². The third-order valence-electron chi connectivity index (χ3n) is 18.3. The number of aromatic amines is 2. The molecule has 8 aromatic carbocycles. The monoisotopic (exact) mass is 1210 g/mol. The third-order valence-corrected chi connectivity index (χ3v) is 18.3. The van der Waals surface area contributed by atoms with Gasteiger partial charge in [-0.05, 0) is 194 Å². The first kappa shape index (κ1) is 54.1. The van der Waals surface area contributed by atoms with E-state index < -0.39 is 0 Å². The van der Waals surface area contributed by atoms with Gasteiger partial charge in [0.2, 0.25) is 0 Å². The number of nitrogens with zero attached hydrogens (tertiary/aromatic N) is 6. The van der Waals surface area contributed by atoms with Gasteiger partial charge in [0.25, 0.3) is 0 Å². The van der Waals surface area contributed by atoms with E-state index in [9.17, 15) is 0 Å². The van der Waals surface area contributed by atoms with Crippen molar-refractivity contribution in [2.24, 2.45) is 0 Å². The van der Waals surface area contributed by atoms with Crippen LogP contribution in [0.3, 0.4) is 0 Å². The second-order valence-electron chi connectivity index (χ2n) is 22.8. The van der Waals surface area contributed by atoms with Crippen molar-refractivity contribution < 1.29 is 37.9 Å². The van der Waals surface area contributed by atoms with Gasteiger partial charge in [-0.2, -0.15) is 0 Å². The Morgan fingerprint density at radius 1 is 0.228 bits per heavy atom. The van der Waals surface area contributed by atoms with E-state index in [1.807, 2.05) is 48.5 Å². The average Bonchev–Trinajstić information content (AvgIpc) is 1.59. The number of hydrogen-bond acceptors (Lipinski definition) is 10. The Bertz CT molecular complexity index is 4960. The molecule has 450 valence electrons. The lowest BCUT2D eigenvalue weighted by Gasteiger charge is -2.13. The van der Waals surface area contributed by atoms with E-state index in [0.717, 1.165) is 178 Å². The van der Waals surface area contributed by atoms with E-state index in [-0.39, 0.29) is 0 Å². The normalized spacial score (nSPS) is 12.3. The fourth-order valence-corrected chi connectivity index (χ4v) is 14.0. The van der Waals surface area contributed by atoms with Crippen LogP contribution < -0.4 is 37.9 Å². The van der Waals surface area contributed by atoms with Gasteiger partial charge in [-0.15, -0.1) is 0 Å². The number of hydrogen-bond donors (Lipinski definition) is 2. The maximum Gasteiger partial charge on any atom is 0.119 e. The molecule has 16 nitrogen and oxygen atoms in total.